The number of ether oxygens (including phenoxy) is 1. The Balaban J connectivity index is 2.71. The van der Waals surface area contributed by atoms with Crippen LogP contribution in [0.4, 0.5) is 0 Å². The molecule has 1 aliphatic heterocycles. The molecule has 0 fully saturated rings. The summed E-state index contributed by atoms with van der Waals surface area (Å²) in [7, 11) is 0. The lowest BCUT2D eigenvalue weighted by Crippen LogP contribution is -2.23. The number of carbonyl (C=O) groups is 1. The minimum Gasteiger partial charge on any atom is -0.407 e. The molecule has 0 saturated carbocycles. The summed E-state index contributed by atoms with van der Waals surface area (Å²) in [6.45, 7) is 6.27. The van der Waals surface area contributed by atoms with E-state index in [-0.39, 0.29) is 5.97 Å². The van der Waals surface area contributed by atoms with Crippen molar-refractivity contribution < 1.29 is 9.53 Å². The molecule has 3 heteroatoms. The first-order chi connectivity index (χ1) is 4.74. The Hall–Kier alpha value is -1.25. The van der Waals surface area contributed by atoms with Gasteiger partial charge in [-0.15, -0.1) is 0 Å². The van der Waals surface area contributed by atoms with Crippen LogP contribution in [0.5, 0.6) is 0 Å². The molecule has 0 aliphatic carbocycles. The van der Waals surface area contributed by atoms with Crippen molar-refractivity contribution in [1.29, 1.82) is 0 Å². The largest absolute Gasteiger partial charge is 0.407 e. The molecule has 3 nitrogen and oxygen atoms in total. The molecular formula is C7H9NO2. The first-order valence-electron chi connectivity index (χ1n) is 3.09. The van der Waals surface area contributed by atoms with Crippen LogP contribution in [0.1, 0.15) is 6.92 Å². The van der Waals surface area contributed by atoms with Crippen LogP contribution < -0.4 is 0 Å². The van der Waals surface area contributed by atoms with Gasteiger partial charge in [0.25, 0.3) is 0 Å². The molecule has 0 unspecified atom stereocenters. The Labute approximate surface area is 59.6 Å². The number of cyclic esters (lactones) is 1. The lowest BCUT2D eigenvalue weighted by Gasteiger charge is -2.22. The number of hydrogen-bond acceptors (Lipinski definition) is 3. The average molecular weight is 139 g/mol. The SMILES string of the molecule is C=C1OC(=O)C=CN1CC. The minimum atomic E-state index is -0.352. The van der Waals surface area contributed by atoms with E-state index in [0.717, 1.165) is 6.54 Å². The van der Waals surface area contributed by atoms with Gasteiger partial charge in [-0.3, -0.25) is 0 Å². The number of esters is 1. The van der Waals surface area contributed by atoms with Crippen molar-refractivity contribution in [3.63, 3.8) is 0 Å². The second-order valence-corrected chi connectivity index (χ2v) is 1.92. The highest BCUT2D eigenvalue weighted by Gasteiger charge is 2.12. The van der Waals surface area contributed by atoms with Gasteiger partial charge in [0.2, 0.25) is 0 Å². The van der Waals surface area contributed by atoms with Crippen molar-refractivity contribution in [2.75, 3.05) is 6.54 Å². The third-order valence-electron chi connectivity index (χ3n) is 1.27. The van der Waals surface area contributed by atoms with E-state index < -0.39 is 0 Å². The van der Waals surface area contributed by atoms with Crippen molar-refractivity contribution in [2.45, 2.75) is 6.92 Å². The van der Waals surface area contributed by atoms with Crippen LogP contribution in [0, 0.1) is 0 Å². The van der Waals surface area contributed by atoms with Gasteiger partial charge in [0.15, 0.2) is 5.88 Å². The smallest absolute Gasteiger partial charge is 0.338 e. The molecule has 0 aromatic heterocycles. The fourth-order valence-corrected chi connectivity index (χ4v) is 0.724. The van der Waals surface area contributed by atoms with Gasteiger partial charge in [0.05, 0.1) is 0 Å². The Morgan fingerprint density at radius 3 is 3.00 bits per heavy atom. The van der Waals surface area contributed by atoms with Crippen LogP contribution in [0.25, 0.3) is 0 Å². The monoisotopic (exact) mass is 139 g/mol. The van der Waals surface area contributed by atoms with Gasteiger partial charge < -0.3 is 9.64 Å². The molecule has 1 rings (SSSR count). The van der Waals surface area contributed by atoms with Gasteiger partial charge in [-0.05, 0) is 13.5 Å². The van der Waals surface area contributed by atoms with Crippen LogP contribution in [0.15, 0.2) is 24.7 Å². The van der Waals surface area contributed by atoms with Gasteiger partial charge in [0.1, 0.15) is 0 Å². The van der Waals surface area contributed by atoms with Gasteiger partial charge in [-0.25, -0.2) is 4.79 Å². The molecule has 1 heterocycles. The van der Waals surface area contributed by atoms with E-state index in [4.69, 9.17) is 4.74 Å². The first-order valence-corrected chi connectivity index (χ1v) is 3.09. The van der Waals surface area contributed by atoms with Crippen molar-refractivity contribution >= 4 is 5.97 Å². The summed E-state index contributed by atoms with van der Waals surface area (Å²) in [6, 6.07) is 0. The number of rotatable bonds is 1. The van der Waals surface area contributed by atoms with Gasteiger partial charge in [-0.1, -0.05) is 0 Å². The maximum absolute atomic E-state index is 10.5. The zero-order valence-corrected chi connectivity index (χ0v) is 5.83. The fourth-order valence-electron chi connectivity index (χ4n) is 0.724. The quantitative estimate of drug-likeness (QED) is 0.504. The molecule has 0 bridgehead atoms. The predicted molar refractivity (Wildman–Crippen MR) is 36.8 cm³/mol. The highest BCUT2D eigenvalue weighted by atomic mass is 16.6. The van der Waals surface area contributed by atoms with Crippen LogP contribution in [-0.2, 0) is 9.53 Å². The lowest BCUT2D eigenvalue weighted by atomic mass is 10.5. The molecule has 0 spiro atoms. The van der Waals surface area contributed by atoms with E-state index in [1.165, 1.54) is 6.08 Å². The summed E-state index contributed by atoms with van der Waals surface area (Å²) in [4.78, 5) is 12.3. The number of carbonyl (C=O) groups excluding carboxylic acids is 1. The molecule has 0 aromatic rings. The molecular weight excluding hydrogens is 130 g/mol. The highest BCUT2D eigenvalue weighted by Crippen LogP contribution is 2.09. The molecule has 1 aliphatic rings. The third-order valence-corrected chi connectivity index (χ3v) is 1.27. The molecule has 0 atom stereocenters. The molecule has 0 saturated heterocycles. The summed E-state index contributed by atoms with van der Waals surface area (Å²) < 4.78 is 4.70. The minimum absolute atomic E-state index is 0.352. The summed E-state index contributed by atoms with van der Waals surface area (Å²) in [5, 5.41) is 0. The van der Waals surface area contributed by atoms with Crippen LogP contribution >= 0.6 is 0 Å². The molecule has 0 radical (unpaired) electrons. The number of hydrogen-bond donors (Lipinski definition) is 0. The summed E-state index contributed by atoms with van der Waals surface area (Å²) in [5.74, 6) is 0.0460. The van der Waals surface area contributed by atoms with Gasteiger partial charge in [-0.2, -0.15) is 0 Å². The van der Waals surface area contributed by atoms with Crippen LogP contribution in [0.2, 0.25) is 0 Å². The summed E-state index contributed by atoms with van der Waals surface area (Å²) in [6.07, 6.45) is 3.03. The Bertz CT molecular complexity index is 196. The normalized spacial score (nSPS) is 17.5. The van der Waals surface area contributed by atoms with E-state index in [0.29, 0.717) is 5.88 Å². The van der Waals surface area contributed by atoms with Crippen molar-refractivity contribution in [3.05, 3.63) is 24.7 Å². The van der Waals surface area contributed by atoms with E-state index in [9.17, 15) is 4.79 Å². The number of nitrogens with zero attached hydrogens (tertiary/aromatic N) is 1. The topological polar surface area (TPSA) is 29.5 Å². The molecule has 0 N–H and O–H groups in total. The fraction of sp³-hybridized carbons (Fsp3) is 0.286. The molecule has 0 aromatic carbocycles. The molecule has 54 valence electrons. The van der Waals surface area contributed by atoms with E-state index in [1.54, 1.807) is 11.1 Å². The average Bonchev–Trinajstić information content (AvgIpc) is 1.88. The van der Waals surface area contributed by atoms with Crippen molar-refractivity contribution in [2.24, 2.45) is 0 Å². The van der Waals surface area contributed by atoms with Crippen LogP contribution in [-0.4, -0.2) is 17.4 Å². The maximum atomic E-state index is 10.5. The van der Waals surface area contributed by atoms with Gasteiger partial charge in [0, 0.05) is 18.8 Å². The van der Waals surface area contributed by atoms with Crippen molar-refractivity contribution in [1.82, 2.24) is 4.90 Å². The van der Waals surface area contributed by atoms with Crippen LogP contribution in [0.3, 0.4) is 0 Å². The van der Waals surface area contributed by atoms with E-state index in [1.807, 2.05) is 6.92 Å². The molecule has 10 heavy (non-hydrogen) atoms. The second kappa shape index (κ2) is 2.56. The highest BCUT2D eigenvalue weighted by molar-refractivity contribution is 5.83. The summed E-state index contributed by atoms with van der Waals surface area (Å²) in [5.41, 5.74) is 0. The van der Waals surface area contributed by atoms with Crippen molar-refractivity contribution in [3.8, 4) is 0 Å². The predicted octanol–water partition coefficient (Wildman–Crippen LogP) is 0.850. The maximum Gasteiger partial charge on any atom is 0.338 e. The summed E-state index contributed by atoms with van der Waals surface area (Å²) >= 11 is 0. The Kier molecular flexibility index (Phi) is 1.76. The van der Waals surface area contributed by atoms with Gasteiger partial charge >= 0.3 is 5.97 Å². The standard InChI is InChI=1S/C7H9NO2/c1-3-8-5-4-7(9)10-6(8)2/h4-5H,2-3H2,1H3. The van der Waals surface area contributed by atoms with E-state index in [2.05, 4.69) is 6.58 Å². The zero-order chi connectivity index (χ0) is 7.56. The first kappa shape index (κ1) is 6.86. The molecule has 0 amide bonds. The van der Waals surface area contributed by atoms with E-state index >= 15 is 0 Å². The lowest BCUT2D eigenvalue weighted by molar-refractivity contribution is -0.136. The zero-order valence-electron chi connectivity index (χ0n) is 5.83. The second-order valence-electron chi connectivity index (χ2n) is 1.92. The third kappa shape index (κ3) is 1.18. The Morgan fingerprint density at radius 1 is 1.80 bits per heavy atom. The Morgan fingerprint density at radius 2 is 2.50 bits per heavy atom.